The fourth-order valence-electron chi connectivity index (χ4n) is 3.87. The molecule has 0 unspecified atom stereocenters. The highest BCUT2D eigenvalue weighted by molar-refractivity contribution is 6.03. The second kappa shape index (κ2) is 8.93. The molecule has 7 heteroatoms. The number of pyridine rings is 1. The molecule has 0 spiro atoms. The molecular formula is C22H32N4O3. The van der Waals surface area contributed by atoms with E-state index in [0.717, 1.165) is 25.0 Å². The third kappa shape index (κ3) is 4.77. The molecule has 1 fully saturated rings. The predicted molar refractivity (Wildman–Crippen MR) is 112 cm³/mol. The lowest BCUT2D eigenvalue weighted by Gasteiger charge is -2.29. The van der Waals surface area contributed by atoms with Crippen LogP contribution in [0.2, 0.25) is 0 Å². The molecule has 0 bridgehead atoms. The van der Waals surface area contributed by atoms with Gasteiger partial charge in [-0.3, -0.25) is 4.79 Å². The van der Waals surface area contributed by atoms with Crippen molar-refractivity contribution in [2.75, 3.05) is 6.61 Å². The number of carbonyl (C=O) groups is 2. The van der Waals surface area contributed by atoms with Gasteiger partial charge in [0.15, 0.2) is 12.3 Å². The molecule has 7 nitrogen and oxygen atoms in total. The maximum atomic E-state index is 12.8. The summed E-state index contributed by atoms with van der Waals surface area (Å²) >= 11 is 0. The zero-order valence-corrected chi connectivity index (χ0v) is 18.1. The number of nitrogens with one attached hydrogen (secondary N) is 1. The van der Waals surface area contributed by atoms with Gasteiger partial charge in [0.25, 0.3) is 5.91 Å². The second-order valence-corrected chi connectivity index (χ2v) is 8.68. The topological polar surface area (TPSA) is 86.1 Å². The number of nitrogens with zero attached hydrogens (tertiary/aromatic N) is 3. The van der Waals surface area contributed by atoms with Gasteiger partial charge in [-0.2, -0.15) is 5.10 Å². The molecule has 158 valence electrons. The third-order valence-electron chi connectivity index (χ3n) is 5.68. The quantitative estimate of drug-likeness (QED) is 0.741. The van der Waals surface area contributed by atoms with Gasteiger partial charge in [-0.25, -0.2) is 14.5 Å². The molecule has 2 atom stereocenters. The van der Waals surface area contributed by atoms with E-state index in [2.05, 4.69) is 17.3 Å². The minimum Gasteiger partial charge on any atom is -0.452 e. The van der Waals surface area contributed by atoms with Gasteiger partial charge in [-0.1, -0.05) is 33.6 Å². The van der Waals surface area contributed by atoms with Gasteiger partial charge < -0.3 is 10.1 Å². The standard InChI is InChI=1S/C22H32N4O3/c1-13(2)19-10-16(17-11-23-26(14(3)4)21(17)25-19)22(28)29-12-20(27)24-18-9-7-6-8-15(18)5/h10-11,13-15,18H,6-9,12H2,1-5H3,(H,24,27)/t15-,18-/m0/s1. The Balaban J connectivity index is 1.75. The Kier molecular flexibility index (Phi) is 6.55. The van der Waals surface area contributed by atoms with Gasteiger partial charge in [-0.15, -0.1) is 0 Å². The molecule has 2 heterocycles. The van der Waals surface area contributed by atoms with Crippen LogP contribution in [-0.2, 0) is 9.53 Å². The van der Waals surface area contributed by atoms with Crippen molar-refractivity contribution in [3.05, 3.63) is 23.5 Å². The largest absolute Gasteiger partial charge is 0.452 e. The first-order valence-corrected chi connectivity index (χ1v) is 10.6. The summed E-state index contributed by atoms with van der Waals surface area (Å²) in [4.78, 5) is 29.8. The molecule has 1 aliphatic rings. The zero-order valence-electron chi connectivity index (χ0n) is 18.1. The fourth-order valence-corrected chi connectivity index (χ4v) is 3.87. The number of fused-ring (bicyclic) bond motifs is 1. The highest BCUT2D eigenvalue weighted by Gasteiger charge is 2.24. The van der Waals surface area contributed by atoms with Crippen molar-refractivity contribution >= 4 is 22.9 Å². The van der Waals surface area contributed by atoms with Crippen LogP contribution in [0.4, 0.5) is 0 Å². The van der Waals surface area contributed by atoms with Gasteiger partial charge in [0.1, 0.15) is 0 Å². The Hall–Kier alpha value is -2.44. The second-order valence-electron chi connectivity index (χ2n) is 8.68. The van der Waals surface area contributed by atoms with Gasteiger partial charge in [0, 0.05) is 17.8 Å². The van der Waals surface area contributed by atoms with E-state index in [1.165, 1.54) is 6.42 Å². The molecule has 0 aromatic carbocycles. The molecule has 1 N–H and O–H groups in total. The molecule has 0 radical (unpaired) electrons. The summed E-state index contributed by atoms with van der Waals surface area (Å²) in [5, 5.41) is 8.05. The van der Waals surface area contributed by atoms with Crippen LogP contribution in [0.3, 0.4) is 0 Å². The monoisotopic (exact) mass is 400 g/mol. The molecule has 1 aliphatic carbocycles. The van der Waals surface area contributed by atoms with E-state index in [-0.39, 0.29) is 30.5 Å². The van der Waals surface area contributed by atoms with Crippen LogP contribution >= 0.6 is 0 Å². The van der Waals surface area contributed by atoms with Crippen LogP contribution in [0.5, 0.6) is 0 Å². The van der Waals surface area contributed by atoms with Crippen molar-refractivity contribution < 1.29 is 14.3 Å². The number of carbonyl (C=O) groups excluding carboxylic acids is 2. The molecule has 0 saturated heterocycles. The minimum absolute atomic E-state index is 0.120. The molecule has 0 aliphatic heterocycles. The van der Waals surface area contributed by atoms with E-state index in [0.29, 0.717) is 22.5 Å². The minimum atomic E-state index is -0.519. The van der Waals surface area contributed by atoms with Gasteiger partial charge in [-0.05, 0) is 44.6 Å². The Bertz CT molecular complexity index is 888. The molecule has 1 amide bonds. The highest BCUT2D eigenvalue weighted by Crippen LogP contribution is 2.25. The number of aromatic nitrogens is 3. The summed E-state index contributed by atoms with van der Waals surface area (Å²) in [6.07, 6.45) is 6.09. The highest BCUT2D eigenvalue weighted by atomic mass is 16.5. The van der Waals surface area contributed by atoms with Crippen molar-refractivity contribution in [1.29, 1.82) is 0 Å². The average molecular weight is 401 g/mol. The fraction of sp³-hybridized carbons (Fsp3) is 0.636. The summed E-state index contributed by atoms with van der Waals surface area (Å²) in [5.74, 6) is -0.157. The Morgan fingerprint density at radius 1 is 1.24 bits per heavy atom. The molecule has 2 aromatic rings. The Morgan fingerprint density at radius 2 is 1.97 bits per heavy atom. The van der Waals surface area contributed by atoms with E-state index in [9.17, 15) is 9.59 Å². The number of rotatable bonds is 6. The first kappa shape index (κ1) is 21.3. The number of esters is 1. The van der Waals surface area contributed by atoms with Crippen LogP contribution in [0.25, 0.3) is 11.0 Å². The van der Waals surface area contributed by atoms with E-state index in [1.54, 1.807) is 16.9 Å². The van der Waals surface area contributed by atoms with Crippen molar-refractivity contribution in [2.45, 2.75) is 78.3 Å². The van der Waals surface area contributed by atoms with E-state index < -0.39 is 5.97 Å². The van der Waals surface area contributed by atoms with Gasteiger partial charge in [0.05, 0.1) is 17.1 Å². The number of hydrogen-bond donors (Lipinski definition) is 1. The summed E-state index contributed by atoms with van der Waals surface area (Å²) in [6, 6.07) is 2.04. The molecule has 1 saturated carbocycles. The van der Waals surface area contributed by atoms with E-state index >= 15 is 0 Å². The average Bonchev–Trinajstić information content (AvgIpc) is 3.11. The normalized spacial score (nSPS) is 19.7. The predicted octanol–water partition coefficient (Wildman–Crippen LogP) is 3.99. The van der Waals surface area contributed by atoms with E-state index in [4.69, 9.17) is 9.72 Å². The number of ether oxygens (including phenoxy) is 1. The zero-order chi connectivity index (χ0) is 21.1. The van der Waals surface area contributed by atoms with Crippen LogP contribution in [0.1, 0.15) is 88.3 Å². The maximum Gasteiger partial charge on any atom is 0.339 e. The Morgan fingerprint density at radius 3 is 2.62 bits per heavy atom. The van der Waals surface area contributed by atoms with Crippen LogP contribution < -0.4 is 5.32 Å². The molecular weight excluding hydrogens is 368 g/mol. The van der Waals surface area contributed by atoms with Crippen LogP contribution in [0.15, 0.2) is 12.3 Å². The van der Waals surface area contributed by atoms with Crippen molar-refractivity contribution in [3.8, 4) is 0 Å². The smallest absolute Gasteiger partial charge is 0.339 e. The van der Waals surface area contributed by atoms with E-state index in [1.807, 2.05) is 27.7 Å². The number of amides is 1. The maximum absolute atomic E-state index is 12.8. The van der Waals surface area contributed by atoms with Crippen molar-refractivity contribution in [2.24, 2.45) is 5.92 Å². The van der Waals surface area contributed by atoms with Crippen LogP contribution in [-0.4, -0.2) is 39.3 Å². The lowest BCUT2D eigenvalue weighted by Crippen LogP contribution is -2.42. The molecule has 29 heavy (non-hydrogen) atoms. The lowest BCUT2D eigenvalue weighted by molar-refractivity contribution is -0.125. The third-order valence-corrected chi connectivity index (χ3v) is 5.68. The van der Waals surface area contributed by atoms with Crippen LogP contribution in [0, 0.1) is 5.92 Å². The number of hydrogen-bond acceptors (Lipinski definition) is 5. The molecule has 2 aromatic heterocycles. The van der Waals surface area contributed by atoms with Crippen molar-refractivity contribution in [3.63, 3.8) is 0 Å². The first-order chi connectivity index (χ1) is 13.8. The summed E-state index contributed by atoms with van der Waals surface area (Å²) < 4.78 is 7.16. The summed E-state index contributed by atoms with van der Waals surface area (Å²) in [5.41, 5.74) is 1.87. The van der Waals surface area contributed by atoms with Gasteiger partial charge >= 0.3 is 5.97 Å². The lowest BCUT2D eigenvalue weighted by atomic mass is 9.86. The molecule has 3 rings (SSSR count). The van der Waals surface area contributed by atoms with Gasteiger partial charge in [0.2, 0.25) is 0 Å². The first-order valence-electron chi connectivity index (χ1n) is 10.6. The van der Waals surface area contributed by atoms with Crippen molar-refractivity contribution in [1.82, 2.24) is 20.1 Å². The summed E-state index contributed by atoms with van der Waals surface area (Å²) in [7, 11) is 0. The SMILES string of the molecule is CC(C)c1cc(C(=O)OCC(=O)N[C@H]2CCCC[C@@H]2C)c2cnn(C(C)C)c2n1. The Labute approximate surface area is 172 Å². The summed E-state index contributed by atoms with van der Waals surface area (Å²) in [6.45, 7) is 9.97.